The van der Waals surface area contributed by atoms with E-state index in [0.29, 0.717) is 6.04 Å². The number of hydrogen-bond acceptors (Lipinski definition) is 4. The zero-order valence-electron chi connectivity index (χ0n) is 12.4. The van der Waals surface area contributed by atoms with Crippen LogP contribution in [0.5, 0.6) is 0 Å². The molecular weight excluding hydrogens is 238 g/mol. The van der Waals surface area contributed by atoms with E-state index in [2.05, 4.69) is 56.1 Å². The number of hydrogen-bond donors (Lipinski definition) is 1. The molecule has 0 amide bonds. The molecule has 0 aromatic carbocycles. The monoisotopic (exact) mass is 263 g/mol. The van der Waals surface area contributed by atoms with Crippen LogP contribution >= 0.6 is 0 Å². The molecule has 0 aliphatic carbocycles. The van der Waals surface area contributed by atoms with E-state index in [1.807, 2.05) is 0 Å². The number of nitrogens with one attached hydrogen (secondary N) is 1. The predicted molar refractivity (Wildman–Crippen MR) is 78.4 cm³/mol. The largest absolute Gasteiger partial charge is 0.372 e. The maximum atomic E-state index is 5.77. The first-order chi connectivity index (χ1) is 9.04. The van der Waals surface area contributed by atoms with Crippen molar-refractivity contribution in [2.45, 2.75) is 52.5 Å². The van der Waals surface area contributed by atoms with Crippen molar-refractivity contribution in [2.75, 3.05) is 18.0 Å². The van der Waals surface area contributed by atoms with Gasteiger partial charge in [-0.15, -0.1) is 0 Å². The molecule has 4 heteroatoms. The van der Waals surface area contributed by atoms with E-state index in [9.17, 15) is 0 Å². The lowest BCUT2D eigenvalue weighted by Crippen LogP contribution is -2.45. The molecule has 1 aromatic heterocycles. The molecule has 0 unspecified atom stereocenters. The zero-order chi connectivity index (χ0) is 13.8. The van der Waals surface area contributed by atoms with Gasteiger partial charge in [0.05, 0.1) is 17.9 Å². The lowest BCUT2D eigenvalue weighted by molar-refractivity contribution is -0.00546. The fourth-order valence-corrected chi connectivity index (χ4v) is 2.42. The zero-order valence-corrected chi connectivity index (χ0v) is 12.4. The third-order valence-electron chi connectivity index (χ3n) is 3.23. The van der Waals surface area contributed by atoms with Gasteiger partial charge in [-0.05, 0) is 26.0 Å². The molecule has 0 bridgehead atoms. The Morgan fingerprint density at radius 1 is 1.32 bits per heavy atom. The van der Waals surface area contributed by atoms with Gasteiger partial charge in [-0.2, -0.15) is 0 Å². The average molecular weight is 263 g/mol. The molecular formula is C15H25N3O. The van der Waals surface area contributed by atoms with E-state index in [1.54, 1.807) is 0 Å². The standard InChI is InChI=1S/C15H25N3O/c1-11(2)16-8-14-6-5-7-15(17-14)18-9-12(3)19-13(4)10-18/h5-7,11-13,16H,8-10H2,1-4H3/t12-,13+. The summed E-state index contributed by atoms with van der Waals surface area (Å²) in [4.78, 5) is 7.06. The van der Waals surface area contributed by atoms with Crippen LogP contribution in [0, 0.1) is 0 Å². The molecule has 1 saturated heterocycles. The molecule has 1 aliphatic rings. The second-order valence-electron chi connectivity index (χ2n) is 5.69. The highest BCUT2D eigenvalue weighted by molar-refractivity contribution is 5.40. The minimum absolute atomic E-state index is 0.267. The lowest BCUT2D eigenvalue weighted by atomic mass is 10.2. The van der Waals surface area contributed by atoms with Gasteiger partial charge in [0, 0.05) is 25.7 Å². The van der Waals surface area contributed by atoms with Gasteiger partial charge in [-0.3, -0.25) is 0 Å². The van der Waals surface area contributed by atoms with Crippen molar-refractivity contribution in [1.29, 1.82) is 0 Å². The van der Waals surface area contributed by atoms with Crippen LogP contribution < -0.4 is 10.2 Å². The molecule has 0 spiro atoms. The fourth-order valence-electron chi connectivity index (χ4n) is 2.42. The molecule has 2 heterocycles. The maximum absolute atomic E-state index is 5.77. The van der Waals surface area contributed by atoms with Crippen LogP contribution in [0.1, 0.15) is 33.4 Å². The number of morpholine rings is 1. The van der Waals surface area contributed by atoms with Gasteiger partial charge in [0.2, 0.25) is 0 Å². The lowest BCUT2D eigenvalue weighted by Gasteiger charge is -2.36. The second-order valence-corrected chi connectivity index (χ2v) is 5.69. The SMILES string of the molecule is CC(C)NCc1cccc(N2C[C@@H](C)O[C@@H](C)C2)n1. The van der Waals surface area contributed by atoms with Crippen molar-refractivity contribution in [3.63, 3.8) is 0 Å². The van der Waals surface area contributed by atoms with E-state index in [-0.39, 0.29) is 12.2 Å². The Bertz CT molecular complexity index is 398. The minimum Gasteiger partial charge on any atom is -0.372 e. The number of rotatable bonds is 4. The second kappa shape index (κ2) is 6.35. The van der Waals surface area contributed by atoms with Crippen molar-refractivity contribution < 1.29 is 4.74 Å². The van der Waals surface area contributed by atoms with Gasteiger partial charge in [-0.1, -0.05) is 19.9 Å². The van der Waals surface area contributed by atoms with Crippen molar-refractivity contribution >= 4 is 5.82 Å². The molecule has 1 N–H and O–H groups in total. The Hall–Kier alpha value is -1.13. The first-order valence-electron chi connectivity index (χ1n) is 7.14. The molecule has 4 nitrogen and oxygen atoms in total. The molecule has 1 fully saturated rings. The van der Waals surface area contributed by atoms with Crippen LogP contribution in [0.4, 0.5) is 5.82 Å². The van der Waals surface area contributed by atoms with E-state index in [0.717, 1.165) is 31.1 Å². The van der Waals surface area contributed by atoms with Crippen LogP contribution in [-0.2, 0) is 11.3 Å². The summed E-state index contributed by atoms with van der Waals surface area (Å²) in [5.74, 6) is 1.06. The highest BCUT2D eigenvalue weighted by Crippen LogP contribution is 2.18. The molecule has 106 valence electrons. The van der Waals surface area contributed by atoms with Crippen molar-refractivity contribution in [2.24, 2.45) is 0 Å². The van der Waals surface area contributed by atoms with Gasteiger partial charge in [0.15, 0.2) is 0 Å². The Balaban J connectivity index is 2.05. The summed E-state index contributed by atoms with van der Waals surface area (Å²) in [5.41, 5.74) is 1.10. The smallest absolute Gasteiger partial charge is 0.129 e. The number of nitrogens with zero attached hydrogens (tertiary/aromatic N) is 2. The summed E-state index contributed by atoms with van der Waals surface area (Å²) in [6.07, 6.45) is 0.533. The first-order valence-corrected chi connectivity index (χ1v) is 7.14. The highest BCUT2D eigenvalue weighted by Gasteiger charge is 2.23. The number of ether oxygens (including phenoxy) is 1. The Morgan fingerprint density at radius 2 is 2.00 bits per heavy atom. The molecule has 0 saturated carbocycles. The van der Waals surface area contributed by atoms with Crippen LogP contribution in [0.2, 0.25) is 0 Å². The van der Waals surface area contributed by atoms with Crippen LogP contribution in [-0.4, -0.2) is 36.3 Å². The van der Waals surface area contributed by atoms with Crippen LogP contribution in [0.15, 0.2) is 18.2 Å². The Labute approximate surface area is 116 Å². The highest BCUT2D eigenvalue weighted by atomic mass is 16.5. The number of aromatic nitrogens is 1. The van der Waals surface area contributed by atoms with Gasteiger partial charge in [0.1, 0.15) is 5.82 Å². The minimum atomic E-state index is 0.267. The summed E-state index contributed by atoms with van der Waals surface area (Å²) in [7, 11) is 0. The average Bonchev–Trinajstić information content (AvgIpc) is 2.35. The Kier molecular flexibility index (Phi) is 4.77. The molecule has 2 atom stereocenters. The summed E-state index contributed by atoms with van der Waals surface area (Å²) in [6.45, 7) is 11.2. The van der Waals surface area contributed by atoms with Crippen molar-refractivity contribution in [3.8, 4) is 0 Å². The fraction of sp³-hybridized carbons (Fsp3) is 0.667. The summed E-state index contributed by atoms with van der Waals surface area (Å²) < 4.78 is 5.77. The van der Waals surface area contributed by atoms with E-state index >= 15 is 0 Å². The van der Waals surface area contributed by atoms with Gasteiger partial charge in [-0.25, -0.2) is 4.98 Å². The third kappa shape index (κ3) is 4.18. The molecule has 1 aromatic rings. The van der Waals surface area contributed by atoms with E-state index < -0.39 is 0 Å². The summed E-state index contributed by atoms with van der Waals surface area (Å²) in [5, 5.41) is 3.40. The normalized spacial score (nSPS) is 23.9. The third-order valence-corrected chi connectivity index (χ3v) is 3.23. The molecule has 2 rings (SSSR count). The van der Waals surface area contributed by atoms with Crippen molar-refractivity contribution in [1.82, 2.24) is 10.3 Å². The van der Waals surface area contributed by atoms with Gasteiger partial charge in [0.25, 0.3) is 0 Å². The van der Waals surface area contributed by atoms with Crippen LogP contribution in [0.3, 0.4) is 0 Å². The quantitative estimate of drug-likeness (QED) is 0.903. The maximum Gasteiger partial charge on any atom is 0.129 e. The van der Waals surface area contributed by atoms with E-state index in [1.165, 1.54) is 0 Å². The molecule has 19 heavy (non-hydrogen) atoms. The predicted octanol–water partition coefficient (Wildman–Crippen LogP) is 2.19. The van der Waals surface area contributed by atoms with Crippen molar-refractivity contribution in [3.05, 3.63) is 23.9 Å². The van der Waals surface area contributed by atoms with Crippen LogP contribution in [0.25, 0.3) is 0 Å². The summed E-state index contributed by atoms with van der Waals surface area (Å²) in [6, 6.07) is 6.73. The molecule has 1 aliphatic heterocycles. The van der Waals surface area contributed by atoms with E-state index in [4.69, 9.17) is 9.72 Å². The first kappa shape index (κ1) is 14.3. The number of anilines is 1. The molecule has 0 radical (unpaired) electrons. The topological polar surface area (TPSA) is 37.4 Å². The van der Waals surface area contributed by atoms with Gasteiger partial charge < -0.3 is 15.0 Å². The summed E-state index contributed by atoms with van der Waals surface area (Å²) >= 11 is 0. The number of pyridine rings is 1. The van der Waals surface area contributed by atoms with Gasteiger partial charge >= 0.3 is 0 Å². The Morgan fingerprint density at radius 3 is 2.63 bits per heavy atom.